The van der Waals surface area contributed by atoms with Gasteiger partial charge in [0.2, 0.25) is 0 Å². The van der Waals surface area contributed by atoms with E-state index in [0.29, 0.717) is 17.3 Å². The van der Waals surface area contributed by atoms with Gasteiger partial charge in [-0.15, -0.1) is 0 Å². The molecule has 0 nitrogen and oxygen atoms in total. The minimum absolute atomic E-state index is 0.156. The van der Waals surface area contributed by atoms with E-state index >= 15 is 0 Å². The van der Waals surface area contributed by atoms with Gasteiger partial charge in [0.05, 0.1) is 0 Å². The molecule has 1 fully saturated rings. The molecule has 0 aromatic carbocycles. The van der Waals surface area contributed by atoms with Crippen LogP contribution < -0.4 is 0 Å². The minimum atomic E-state index is 0.156. The highest BCUT2D eigenvalue weighted by molar-refractivity contribution is 5.28. The van der Waals surface area contributed by atoms with Crippen molar-refractivity contribution in [1.82, 2.24) is 0 Å². The van der Waals surface area contributed by atoms with Crippen LogP contribution in [0.15, 0.2) is 0 Å². The summed E-state index contributed by atoms with van der Waals surface area (Å²) >= 11 is 0. The number of hydrogen-bond donors (Lipinski definition) is 0. The lowest BCUT2D eigenvalue weighted by molar-refractivity contribution is -0.381. The van der Waals surface area contributed by atoms with Crippen LogP contribution in [-0.4, -0.2) is 0 Å². The smallest absolute Gasteiger partial charge is 0.00975 e. The first-order valence-electron chi connectivity index (χ1n) is 11.8. The predicted octanol–water partition coefficient (Wildman–Crippen LogP) is 9.48. The summed E-state index contributed by atoms with van der Waals surface area (Å²) in [5, 5.41) is 0. The first-order chi connectivity index (χ1) is 11.8. The van der Waals surface area contributed by atoms with Gasteiger partial charge in [-0.25, -0.2) is 0 Å². The maximum atomic E-state index is 2.62. The Labute approximate surface area is 180 Å². The van der Waals surface area contributed by atoms with Crippen molar-refractivity contribution < 1.29 is 0 Å². The van der Waals surface area contributed by atoms with Crippen LogP contribution in [0.4, 0.5) is 0 Å². The van der Waals surface area contributed by atoms with Gasteiger partial charge in [0.25, 0.3) is 0 Å². The second-order valence-corrected chi connectivity index (χ2v) is 14.9. The Bertz CT molecular complexity index is 586. The van der Waals surface area contributed by atoms with Crippen LogP contribution in [0.3, 0.4) is 0 Å². The molecule has 0 spiro atoms. The van der Waals surface area contributed by atoms with Crippen LogP contribution in [0.2, 0.25) is 0 Å². The summed E-state index contributed by atoms with van der Waals surface area (Å²) in [6.45, 7) is 45.6. The zero-order valence-corrected chi connectivity index (χ0v) is 23.2. The van der Waals surface area contributed by atoms with E-state index in [0.717, 1.165) is 0 Å². The summed E-state index contributed by atoms with van der Waals surface area (Å²) in [6.07, 6.45) is 0. The van der Waals surface area contributed by atoms with Crippen molar-refractivity contribution in [3.8, 4) is 0 Å². The lowest BCUT2D eigenvalue weighted by atomic mass is 9.19. The molecule has 0 bridgehead atoms. The molecule has 1 saturated carbocycles. The SMILES string of the molecule is CC(C)C(C)(C)C(C)(C)C(C)(C)C1(C(C)(C)C(C)(C)C)C(C)C(C)(C)C1(C)C. The van der Waals surface area contributed by atoms with E-state index in [1.165, 1.54) is 0 Å². The molecule has 0 N–H and O–H groups in total. The molecule has 1 rings (SSSR count). The van der Waals surface area contributed by atoms with Gasteiger partial charge in [-0.05, 0) is 55.2 Å². The largest absolute Gasteiger partial charge is 0.0622 e. The average Bonchev–Trinajstić information content (AvgIpc) is 2.44. The summed E-state index contributed by atoms with van der Waals surface area (Å²) in [4.78, 5) is 0. The zero-order chi connectivity index (χ0) is 23.2. The van der Waals surface area contributed by atoms with Gasteiger partial charge in [0, 0.05) is 0 Å². The van der Waals surface area contributed by atoms with Crippen LogP contribution in [-0.2, 0) is 0 Å². The zero-order valence-electron chi connectivity index (χ0n) is 23.2. The standard InChI is InChI=1S/C28H56/c1-19(2)22(7,8)25(13,14)27(17,18)28(24(11,12)21(4,5)6)20(3)23(9,10)26(28,15)16/h19-20H,1-18H3. The lowest BCUT2D eigenvalue weighted by Crippen LogP contribution is -2.80. The van der Waals surface area contributed by atoms with Crippen molar-refractivity contribution in [2.75, 3.05) is 0 Å². The maximum Gasteiger partial charge on any atom is -0.00975 e. The summed E-state index contributed by atoms with van der Waals surface area (Å²) in [6, 6.07) is 0. The third kappa shape index (κ3) is 2.48. The fraction of sp³-hybridized carbons (Fsp3) is 1.00. The van der Waals surface area contributed by atoms with E-state index in [9.17, 15) is 0 Å². The highest BCUT2D eigenvalue weighted by atomic mass is 14.9. The molecule has 168 valence electrons. The van der Waals surface area contributed by atoms with Crippen molar-refractivity contribution in [3.63, 3.8) is 0 Å². The van der Waals surface area contributed by atoms with Crippen molar-refractivity contribution in [3.05, 3.63) is 0 Å². The Morgan fingerprint density at radius 2 is 1.00 bits per heavy atom. The van der Waals surface area contributed by atoms with E-state index in [4.69, 9.17) is 0 Å². The third-order valence-corrected chi connectivity index (χ3v) is 12.8. The van der Waals surface area contributed by atoms with Crippen LogP contribution in [0.25, 0.3) is 0 Å². The van der Waals surface area contributed by atoms with E-state index in [-0.39, 0.29) is 37.9 Å². The summed E-state index contributed by atoms with van der Waals surface area (Å²) < 4.78 is 0. The molecular formula is C28H56. The Kier molecular flexibility index (Phi) is 5.82. The Morgan fingerprint density at radius 3 is 1.25 bits per heavy atom. The lowest BCUT2D eigenvalue weighted by Gasteiger charge is -2.85. The maximum absolute atomic E-state index is 2.62. The fourth-order valence-electron chi connectivity index (χ4n) is 8.09. The number of hydrogen-bond acceptors (Lipinski definition) is 0. The van der Waals surface area contributed by atoms with Crippen molar-refractivity contribution in [1.29, 1.82) is 0 Å². The van der Waals surface area contributed by atoms with Gasteiger partial charge < -0.3 is 0 Å². The molecule has 2 atom stereocenters. The molecule has 0 heterocycles. The molecule has 0 aliphatic heterocycles. The molecule has 0 aromatic heterocycles. The first-order valence-corrected chi connectivity index (χ1v) is 11.8. The topological polar surface area (TPSA) is 0 Å². The van der Waals surface area contributed by atoms with E-state index < -0.39 is 0 Å². The van der Waals surface area contributed by atoms with E-state index in [2.05, 4.69) is 125 Å². The summed E-state index contributed by atoms with van der Waals surface area (Å²) in [5.41, 5.74) is 1.77. The average molecular weight is 393 g/mol. The van der Waals surface area contributed by atoms with E-state index in [1.807, 2.05) is 0 Å². The molecule has 0 amide bonds. The van der Waals surface area contributed by atoms with Gasteiger partial charge in [0.15, 0.2) is 0 Å². The van der Waals surface area contributed by atoms with Gasteiger partial charge in [-0.1, -0.05) is 125 Å². The second kappa shape index (κ2) is 6.26. The molecule has 1 aliphatic rings. The molecule has 0 heteroatoms. The number of rotatable bonds is 5. The molecular weight excluding hydrogens is 336 g/mol. The normalized spacial score (nSPS) is 29.0. The molecule has 1 aliphatic carbocycles. The predicted molar refractivity (Wildman–Crippen MR) is 129 cm³/mol. The Hall–Kier alpha value is 0. The highest BCUT2D eigenvalue weighted by Gasteiger charge is 2.81. The Morgan fingerprint density at radius 1 is 0.643 bits per heavy atom. The fourth-order valence-corrected chi connectivity index (χ4v) is 8.09. The second-order valence-electron chi connectivity index (χ2n) is 14.9. The molecule has 0 saturated heterocycles. The molecule has 0 aromatic rings. The van der Waals surface area contributed by atoms with Crippen molar-refractivity contribution >= 4 is 0 Å². The van der Waals surface area contributed by atoms with Gasteiger partial charge in [-0.3, -0.25) is 0 Å². The highest BCUT2D eigenvalue weighted by Crippen LogP contribution is 2.86. The van der Waals surface area contributed by atoms with Crippen LogP contribution in [0.1, 0.15) is 125 Å². The minimum Gasteiger partial charge on any atom is -0.0622 e. The molecule has 28 heavy (non-hydrogen) atoms. The van der Waals surface area contributed by atoms with E-state index in [1.54, 1.807) is 0 Å². The quantitative estimate of drug-likeness (QED) is 0.437. The third-order valence-electron chi connectivity index (χ3n) is 12.8. The Balaban J connectivity index is 4.03. The summed E-state index contributed by atoms with van der Waals surface area (Å²) in [7, 11) is 0. The van der Waals surface area contributed by atoms with Crippen molar-refractivity contribution in [2.45, 2.75) is 125 Å². The van der Waals surface area contributed by atoms with Gasteiger partial charge in [-0.2, -0.15) is 0 Å². The molecule has 0 radical (unpaired) electrons. The van der Waals surface area contributed by atoms with Crippen LogP contribution >= 0.6 is 0 Å². The van der Waals surface area contributed by atoms with Crippen LogP contribution in [0, 0.1) is 55.2 Å². The first kappa shape index (κ1) is 26.0. The summed E-state index contributed by atoms with van der Waals surface area (Å²) in [5.74, 6) is 1.30. The van der Waals surface area contributed by atoms with Crippen LogP contribution in [0.5, 0.6) is 0 Å². The van der Waals surface area contributed by atoms with Crippen molar-refractivity contribution in [2.24, 2.45) is 55.2 Å². The van der Waals surface area contributed by atoms with Gasteiger partial charge in [0.1, 0.15) is 0 Å². The molecule has 2 unspecified atom stereocenters. The van der Waals surface area contributed by atoms with Gasteiger partial charge >= 0.3 is 0 Å². The monoisotopic (exact) mass is 392 g/mol.